The molecule has 0 aliphatic carbocycles. The van der Waals surface area contributed by atoms with Crippen LogP contribution in [0.3, 0.4) is 0 Å². The maximum absolute atomic E-state index is 14.6. The first-order valence-electron chi connectivity index (χ1n) is 12.2. The molecule has 1 aromatic carbocycles. The molecule has 226 valence electrons. The highest BCUT2D eigenvalue weighted by Crippen LogP contribution is 2.47. The van der Waals surface area contributed by atoms with Gasteiger partial charge in [0.2, 0.25) is 11.3 Å². The number of anilines is 1. The van der Waals surface area contributed by atoms with Gasteiger partial charge in [0.1, 0.15) is 11.4 Å². The van der Waals surface area contributed by atoms with E-state index in [1.807, 2.05) is 0 Å². The molecule has 0 aliphatic rings. The van der Waals surface area contributed by atoms with Crippen LogP contribution in [0.1, 0.15) is 36.3 Å². The number of nitro groups is 1. The van der Waals surface area contributed by atoms with E-state index in [4.69, 9.17) is 9.15 Å². The summed E-state index contributed by atoms with van der Waals surface area (Å²) >= 11 is 0. The lowest BCUT2D eigenvalue weighted by atomic mass is 9.96. The largest absolute Gasteiger partial charge is 0.426 e. The number of aliphatic hydroxyl groups is 1. The molecular formula is C26H25F6N5O5. The molecule has 0 saturated heterocycles. The third-order valence-electron chi connectivity index (χ3n) is 5.98. The van der Waals surface area contributed by atoms with Gasteiger partial charge < -0.3 is 19.6 Å². The smallest absolute Gasteiger partial charge is 0.415 e. The van der Waals surface area contributed by atoms with Gasteiger partial charge in [-0.05, 0) is 24.8 Å². The summed E-state index contributed by atoms with van der Waals surface area (Å²) in [5.74, 6) is -3.07. The van der Waals surface area contributed by atoms with E-state index in [2.05, 4.69) is 33.7 Å². The van der Waals surface area contributed by atoms with Crippen molar-refractivity contribution in [2.75, 3.05) is 11.9 Å². The van der Waals surface area contributed by atoms with Crippen LogP contribution in [0.25, 0.3) is 11.6 Å². The lowest BCUT2D eigenvalue weighted by Crippen LogP contribution is -2.45. The predicted molar refractivity (Wildman–Crippen MR) is 137 cm³/mol. The van der Waals surface area contributed by atoms with Crippen molar-refractivity contribution in [1.82, 2.24) is 15.2 Å². The second kappa shape index (κ2) is 13.1. The van der Waals surface area contributed by atoms with Crippen molar-refractivity contribution in [2.45, 2.75) is 49.9 Å². The molecule has 16 heteroatoms. The minimum Gasteiger partial charge on any atom is -0.415 e. The average molecular weight is 602 g/mol. The van der Waals surface area contributed by atoms with E-state index in [0.29, 0.717) is 5.56 Å². The number of allylic oxidation sites excluding steroid dienone is 1. The van der Waals surface area contributed by atoms with Crippen LogP contribution in [0.4, 0.5) is 37.8 Å². The van der Waals surface area contributed by atoms with Gasteiger partial charge in [0.25, 0.3) is 11.8 Å². The zero-order valence-electron chi connectivity index (χ0n) is 21.8. The summed E-state index contributed by atoms with van der Waals surface area (Å²) < 4.78 is 95.9. The molecule has 2 aromatic heterocycles. The second-order valence-corrected chi connectivity index (χ2v) is 8.89. The Morgan fingerprint density at radius 1 is 1.12 bits per heavy atom. The van der Waals surface area contributed by atoms with Gasteiger partial charge in [0.05, 0.1) is 24.2 Å². The van der Waals surface area contributed by atoms with Gasteiger partial charge in [-0.1, -0.05) is 42.5 Å². The zero-order valence-corrected chi connectivity index (χ0v) is 21.8. The van der Waals surface area contributed by atoms with E-state index in [-0.39, 0.29) is 18.9 Å². The number of ether oxygens (including phenoxy) is 1. The van der Waals surface area contributed by atoms with Gasteiger partial charge in [0, 0.05) is 6.07 Å². The quantitative estimate of drug-likeness (QED) is 0.0938. The van der Waals surface area contributed by atoms with Gasteiger partial charge in [-0.15, -0.1) is 23.4 Å². The normalized spacial score (nSPS) is 14.2. The molecule has 2 heterocycles. The van der Waals surface area contributed by atoms with Crippen LogP contribution in [0.15, 0.2) is 66.1 Å². The van der Waals surface area contributed by atoms with E-state index < -0.39 is 83.1 Å². The summed E-state index contributed by atoms with van der Waals surface area (Å²) in [4.78, 5) is 14.2. The van der Waals surface area contributed by atoms with Crippen molar-refractivity contribution < 1.29 is 45.5 Å². The fraction of sp³-hybridized carbons (Fsp3) is 0.346. The molecule has 2 atom stereocenters. The van der Waals surface area contributed by atoms with Gasteiger partial charge in [0.15, 0.2) is 0 Å². The zero-order chi connectivity index (χ0) is 31.1. The van der Waals surface area contributed by atoms with Gasteiger partial charge >= 0.3 is 18.0 Å². The Balaban J connectivity index is 2.19. The number of halogens is 6. The molecule has 0 aliphatic heterocycles. The van der Waals surface area contributed by atoms with Crippen molar-refractivity contribution in [3.8, 4) is 11.6 Å². The molecule has 3 rings (SSSR count). The first-order valence-corrected chi connectivity index (χ1v) is 12.2. The van der Waals surface area contributed by atoms with Gasteiger partial charge in [-0.2, -0.15) is 26.3 Å². The van der Waals surface area contributed by atoms with Crippen LogP contribution >= 0.6 is 0 Å². The number of hydrogen-bond acceptors (Lipinski definition) is 9. The molecular weight excluding hydrogens is 576 g/mol. The van der Waals surface area contributed by atoms with Crippen molar-refractivity contribution in [3.05, 3.63) is 88.8 Å². The Kier molecular flexibility index (Phi) is 10.1. The molecule has 0 saturated carbocycles. The van der Waals surface area contributed by atoms with Crippen LogP contribution in [0.5, 0.6) is 0 Å². The standard InChI is InChI=1S/C26H25F6N5O5/c1-3-5-12-24(26(30,31)32,41-15-16-10-7-6-8-11-16)23-36-35-22(42-23)20-19(37(39)40)13-18(25(27,28)29)21(34-20)33-17(14-38)9-4-2/h3-4,6-8,10-11,13,17,38H,1-2,5,9,12,14-15H2,(H,33,34). The maximum Gasteiger partial charge on any atom is 0.426 e. The van der Waals surface area contributed by atoms with Crippen LogP contribution in [-0.4, -0.2) is 44.0 Å². The molecule has 2 N–H and O–H groups in total. The van der Waals surface area contributed by atoms with Crippen LogP contribution in [0.2, 0.25) is 0 Å². The average Bonchev–Trinajstić information content (AvgIpc) is 3.42. The highest BCUT2D eigenvalue weighted by Gasteiger charge is 2.61. The highest BCUT2D eigenvalue weighted by molar-refractivity contribution is 5.68. The summed E-state index contributed by atoms with van der Waals surface area (Å²) in [5.41, 5.74) is -6.61. The Hall–Kier alpha value is -4.31. The Labute approximate surface area is 234 Å². The number of aliphatic hydroxyl groups excluding tert-OH is 1. The number of benzene rings is 1. The Morgan fingerprint density at radius 3 is 2.36 bits per heavy atom. The number of nitrogens with zero attached hydrogens (tertiary/aromatic N) is 4. The Morgan fingerprint density at radius 2 is 1.81 bits per heavy atom. The van der Waals surface area contributed by atoms with Crippen LogP contribution in [0, 0.1) is 10.1 Å². The molecule has 42 heavy (non-hydrogen) atoms. The second-order valence-electron chi connectivity index (χ2n) is 8.89. The highest BCUT2D eigenvalue weighted by atomic mass is 19.4. The van der Waals surface area contributed by atoms with E-state index >= 15 is 0 Å². The van der Waals surface area contributed by atoms with Crippen molar-refractivity contribution in [2.24, 2.45) is 0 Å². The molecule has 0 bridgehead atoms. The van der Waals surface area contributed by atoms with Crippen molar-refractivity contribution in [3.63, 3.8) is 0 Å². The predicted octanol–water partition coefficient (Wildman–Crippen LogP) is 6.35. The third-order valence-corrected chi connectivity index (χ3v) is 5.98. The van der Waals surface area contributed by atoms with Gasteiger partial charge in [-0.3, -0.25) is 10.1 Å². The number of hydrogen-bond donors (Lipinski definition) is 2. The van der Waals surface area contributed by atoms with Crippen LogP contribution < -0.4 is 5.32 Å². The summed E-state index contributed by atoms with van der Waals surface area (Å²) in [5, 5.41) is 30.5. The molecule has 0 fully saturated rings. The monoisotopic (exact) mass is 601 g/mol. The summed E-state index contributed by atoms with van der Waals surface area (Å²) in [6.45, 7) is 5.65. The van der Waals surface area contributed by atoms with E-state index in [1.54, 1.807) is 18.2 Å². The number of pyridine rings is 1. The van der Waals surface area contributed by atoms with Gasteiger partial charge in [-0.25, -0.2) is 4.98 Å². The number of aromatic nitrogens is 3. The number of rotatable bonds is 14. The first kappa shape index (κ1) is 32.2. The molecule has 10 nitrogen and oxygen atoms in total. The SMILES string of the molecule is C=CCCC(OCc1ccccc1)(c1nnc(-c2nc(NC(CO)CC=C)c(C(F)(F)F)cc2[N+](=O)[O-])o1)C(F)(F)F. The van der Waals surface area contributed by atoms with Crippen molar-refractivity contribution in [1.29, 1.82) is 0 Å². The molecule has 3 aromatic rings. The number of alkyl halides is 6. The van der Waals surface area contributed by atoms with E-state index in [0.717, 1.165) is 0 Å². The summed E-state index contributed by atoms with van der Waals surface area (Å²) in [6, 6.07) is 6.95. The molecule has 2 unspecified atom stereocenters. The van der Waals surface area contributed by atoms with Crippen LogP contribution in [-0.2, 0) is 23.1 Å². The lowest BCUT2D eigenvalue weighted by molar-refractivity contribution is -0.384. The molecule has 0 amide bonds. The maximum atomic E-state index is 14.6. The van der Waals surface area contributed by atoms with E-state index in [9.17, 15) is 41.6 Å². The Bertz CT molecular complexity index is 1400. The minimum atomic E-state index is -5.15. The number of nitrogens with one attached hydrogen (secondary N) is 1. The fourth-order valence-electron chi connectivity index (χ4n) is 3.85. The molecule has 0 radical (unpaired) electrons. The third kappa shape index (κ3) is 7.12. The first-order chi connectivity index (χ1) is 19.8. The summed E-state index contributed by atoms with van der Waals surface area (Å²) in [7, 11) is 0. The van der Waals surface area contributed by atoms with Crippen molar-refractivity contribution >= 4 is 11.5 Å². The minimum absolute atomic E-state index is 0.0251. The van der Waals surface area contributed by atoms with E-state index in [1.165, 1.54) is 24.3 Å². The fourth-order valence-corrected chi connectivity index (χ4v) is 3.85. The summed E-state index contributed by atoms with van der Waals surface area (Å²) in [6.07, 6.45) is -8.83. The molecule has 0 spiro atoms. The lowest BCUT2D eigenvalue weighted by Gasteiger charge is -2.32. The topological polar surface area (TPSA) is 136 Å².